The molecule has 0 saturated heterocycles. The quantitative estimate of drug-likeness (QED) is 0.669. The van der Waals surface area contributed by atoms with Gasteiger partial charge in [0.05, 0.1) is 24.1 Å². The van der Waals surface area contributed by atoms with Crippen molar-refractivity contribution in [3.05, 3.63) is 35.7 Å². The topological polar surface area (TPSA) is 120 Å². The van der Waals surface area contributed by atoms with Crippen molar-refractivity contribution in [3.63, 3.8) is 0 Å². The van der Waals surface area contributed by atoms with Gasteiger partial charge >= 0.3 is 0 Å². The maximum Gasteiger partial charge on any atom is 0.246 e. The highest BCUT2D eigenvalue weighted by atomic mass is 16.2. The summed E-state index contributed by atoms with van der Waals surface area (Å²) in [4.78, 5) is 29.1. The minimum atomic E-state index is -0.672. The Hall–Kier alpha value is -2.94. The molecule has 130 valence electrons. The van der Waals surface area contributed by atoms with Crippen LogP contribution in [0.15, 0.2) is 24.4 Å². The first-order valence-electron chi connectivity index (χ1n) is 8.10. The molecule has 4 N–H and O–H groups in total. The molecule has 0 aliphatic carbocycles. The Morgan fingerprint density at radius 3 is 3.08 bits per heavy atom. The van der Waals surface area contributed by atoms with E-state index >= 15 is 0 Å². The predicted molar refractivity (Wildman–Crippen MR) is 90.9 cm³/mol. The van der Waals surface area contributed by atoms with Gasteiger partial charge in [0.15, 0.2) is 0 Å². The molecule has 0 unspecified atom stereocenters. The number of likely N-dealkylation sites (N-methyl/N-ethyl adjacent to an activating group) is 1. The van der Waals surface area contributed by atoms with E-state index in [1.807, 2.05) is 30.1 Å². The zero-order chi connectivity index (χ0) is 17.6. The average molecular weight is 341 g/mol. The van der Waals surface area contributed by atoms with Crippen molar-refractivity contribution >= 4 is 23.2 Å². The summed E-state index contributed by atoms with van der Waals surface area (Å²) in [5.41, 5.74) is 9.39. The maximum absolute atomic E-state index is 12.8. The number of nitrogens with two attached hydrogens (primary N) is 1. The van der Waals surface area contributed by atoms with Crippen LogP contribution >= 0.6 is 0 Å². The predicted octanol–water partition coefficient (Wildman–Crippen LogP) is -0.844. The number of carbonyl (C=O) groups is 2. The second-order valence-electron chi connectivity index (χ2n) is 6.38. The van der Waals surface area contributed by atoms with Gasteiger partial charge in [0.25, 0.3) is 0 Å². The number of aromatic nitrogens is 3. The third kappa shape index (κ3) is 2.52. The molecule has 2 aliphatic heterocycles. The second kappa shape index (κ2) is 5.85. The molecule has 0 saturated carbocycles. The Bertz CT molecular complexity index is 820. The monoisotopic (exact) mass is 341 g/mol. The lowest BCUT2D eigenvalue weighted by Gasteiger charge is -2.25. The van der Waals surface area contributed by atoms with Crippen LogP contribution in [0.1, 0.15) is 11.3 Å². The van der Waals surface area contributed by atoms with E-state index in [-0.39, 0.29) is 18.4 Å². The van der Waals surface area contributed by atoms with Crippen LogP contribution in [0, 0.1) is 0 Å². The van der Waals surface area contributed by atoms with Crippen molar-refractivity contribution < 1.29 is 9.59 Å². The normalized spacial score (nSPS) is 21.9. The lowest BCUT2D eigenvalue weighted by Crippen LogP contribution is -2.53. The summed E-state index contributed by atoms with van der Waals surface area (Å²) < 4.78 is 0. The largest absolute Gasteiger partial charge is 0.371 e. The fourth-order valence-electron chi connectivity index (χ4n) is 3.51. The van der Waals surface area contributed by atoms with Gasteiger partial charge in [-0.05, 0) is 11.6 Å². The van der Waals surface area contributed by atoms with Crippen LogP contribution in [-0.2, 0) is 22.6 Å². The van der Waals surface area contributed by atoms with Crippen molar-refractivity contribution in [1.82, 2.24) is 20.7 Å². The minimum absolute atomic E-state index is 0.225. The van der Waals surface area contributed by atoms with E-state index in [0.29, 0.717) is 18.7 Å². The molecule has 0 radical (unpaired) electrons. The molecule has 1 aromatic heterocycles. The Morgan fingerprint density at radius 2 is 2.32 bits per heavy atom. The molecule has 9 nitrogen and oxygen atoms in total. The van der Waals surface area contributed by atoms with Crippen molar-refractivity contribution in [3.8, 4) is 0 Å². The van der Waals surface area contributed by atoms with Crippen molar-refractivity contribution in [2.45, 2.75) is 25.0 Å². The third-order valence-electron chi connectivity index (χ3n) is 4.71. The van der Waals surface area contributed by atoms with E-state index in [1.165, 1.54) is 0 Å². The molecular formula is C16H19N7O2. The first-order valence-corrected chi connectivity index (χ1v) is 8.10. The highest BCUT2D eigenvalue weighted by Crippen LogP contribution is 2.42. The van der Waals surface area contributed by atoms with Crippen LogP contribution < -0.4 is 20.9 Å². The minimum Gasteiger partial charge on any atom is -0.371 e. The zero-order valence-electron chi connectivity index (χ0n) is 13.8. The number of nitrogens with zero attached hydrogens (tertiary/aromatic N) is 4. The summed E-state index contributed by atoms with van der Waals surface area (Å²) in [6, 6.07) is 4.57. The average Bonchev–Trinajstić information content (AvgIpc) is 3.23. The molecular weight excluding hydrogens is 322 g/mol. The number of para-hydroxylation sites is 1. The maximum atomic E-state index is 12.8. The summed E-state index contributed by atoms with van der Waals surface area (Å²) in [7, 11) is 1.91. The number of benzene rings is 1. The van der Waals surface area contributed by atoms with E-state index in [0.717, 1.165) is 16.9 Å². The number of nitrogens with one attached hydrogen (secondary N) is 2. The van der Waals surface area contributed by atoms with Crippen molar-refractivity contribution in [1.29, 1.82) is 0 Å². The molecule has 2 aromatic rings. The number of rotatable bonds is 3. The van der Waals surface area contributed by atoms with Gasteiger partial charge in [-0.15, -0.1) is 0 Å². The Morgan fingerprint density at radius 1 is 1.48 bits per heavy atom. The third-order valence-corrected chi connectivity index (χ3v) is 4.71. The molecule has 2 amide bonds. The van der Waals surface area contributed by atoms with Gasteiger partial charge in [-0.3, -0.25) is 14.5 Å². The van der Waals surface area contributed by atoms with Crippen LogP contribution in [0.3, 0.4) is 0 Å². The fraction of sp³-hybridized carbons (Fsp3) is 0.375. The van der Waals surface area contributed by atoms with Crippen molar-refractivity contribution in [2.24, 2.45) is 5.73 Å². The Kier molecular flexibility index (Phi) is 3.65. The van der Waals surface area contributed by atoms with E-state index in [4.69, 9.17) is 5.73 Å². The van der Waals surface area contributed by atoms with Crippen molar-refractivity contribution in [2.75, 3.05) is 23.4 Å². The number of hydrogen-bond acceptors (Lipinski definition) is 6. The molecule has 3 heterocycles. The SMILES string of the molecule is CN1C[C@H](N)C(=O)N2c3c(cccc31)C[C@H]2C(=O)NCc1cn[nH]n1. The number of anilines is 2. The van der Waals surface area contributed by atoms with Crippen LogP contribution in [0.5, 0.6) is 0 Å². The van der Waals surface area contributed by atoms with Gasteiger partial charge in [0.1, 0.15) is 17.8 Å². The number of H-pyrrole nitrogens is 1. The highest BCUT2D eigenvalue weighted by Gasteiger charge is 2.43. The van der Waals surface area contributed by atoms with Crippen LogP contribution in [0.2, 0.25) is 0 Å². The van der Waals surface area contributed by atoms with Crippen LogP contribution in [0.25, 0.3) is 0 Å². The molecule has 9 heteroatoms. The summed E-state index contributed by atoms with van der Waals surface area (Å²) in [6.45, 7) is 0.669. The lowest BCUT2D eigenvalue weighted by atomic mass is 10.1. The Labute approximate surface area is 144 Å². The van der Waals surface area contributed by atoms with E-state index < -0.39 is 12.1 Å². The second-order valence-corrected chi connectivity index (χ2v) is 6.38. The molecule has 2 aliphatic rings. The number of aromatic amines is 1. The highest BCUT2D eigenvalue weighted by molar-refractivity contribution is 6.09. The van der Waals surface area contributed by atoms with Gasteiger partial charge in [-0.25, -0.2) is 0 Å². The molecule has 1 aromatic carbocycles. The van der Waals surface area contributed by atoms with Gasteiger partial charge in [0.2, 0.25) is 11.8 Å². The standard InChI is InChI=1S/C16H19N7O2/c1-22-8-11(17)16(25)23-13(5-9-3-2-4-12(22)14(9)23)15(24)18-6-10-7-19-21-20-10/h2-4,7,11,13H,5-6,8,17H2,1H3,(H,18,24)(H,19,20,21)/t11-,13-/m0/s1. The van der Waals surface area contributed by atoms with E-state index in [2.05, 4.69) is 20.7 Å². The lowest BCUT2D eigenvalue weighted by molar-refractivity contribution is -0.126. The van der Waals surface area contributed by atoms with Gasteiger partial charge in [-0.2, -0.15) is 15.4 Å². The van der Waals surface area contributed by atoms with Crippen LogP contribution in [-0.4, -0.2) is 52.9 Å². The first kappa shape index (κ1) is 15.6. The molecule has 0 fully saturated rings. The summed E-state index contributed by atoms with van der Waals surface area (Å²) in [5.74, 6) is -0.451. The van der Waals surface area contributed by atoms with Crippen LogP contribution in [0.4, 0.5) is 11.4 Å². The zero-order valence-corrected chi connectivity index (χ0v) is 13.8. The molecule has 4 rings (SSSR count). The Balaban J connectivity index is 1.64. The number of amides is 2. The van der Waals surface area contributed by atoms with Gasteiger partial charge in [0, 0.05) is 20.0 Å². The molecule has 0 bridgehead atoms. The number of carbonyl (C=O) groups excluding carboxylic acids is 2. The smallest absolute Gasteiger partial charge is 0.246 e. The number of hydrogen-bond donors (Lipinski definition) is 3. The molecule has 2 atom stereocenters. The summed E-state index contributed by atoms with van der Waals surface area (Å²) >= 11 is 0. The van der Waals surface area contributed by atoms with Gasteiger partial charge < -0.3 is 16.0 Å². The van der Waals surface area contributed by atoms with E-state index in [1.54, 1.807) is 11.1 Å². The van der Waals surface area contributed by atoms with E-state index in [9.17, 15) is 9.59 Å². The van der Waals surface area contributed by atoms with Gasteiger partial charge in [-0.1, -0.05) is 12.1 Å². The molecule has 0 spiro atoms. The first-order chi connectivity index (χ1) is 12.1. The molecule has 25 heavy (non-hydrogen) atoms. The summed E-state index contributed by atoms with van der Waals surface area (Å²) in [6.07, 6.45) is 2.02. The summed E-state index contributed by atoms with van der Waals surface area (Å²) in [5, 5.41) is 13.0. The fourth-order valence-corrected chi connectivity index (χ4v) is 3.51.